The molecule has 2 aromatic heterocycles. The highest BCUT2D eigenvalue weighted by Crippen LogP contribution is 2.57. The molecule has 1 aliphatic heterocycles. The first-order chi connectivity index (χ1) is 13.0. The summed E-state index contributed by atoms with van der Waals surface area (Å²) in [5.74, 6) is 1.76. The Morgan fingerprint density at radius 1 is 1.22 bits per heavy atom. The largest absolute Gasteiger partial charge is 0.396 e. The second-order valence-electron chi connectivity index (χ2n) is 7.34. The second kappa shape index (κ2) is 5.74. The minimum Gasteiger partial charge on any atom is -0.396 e. The molecule has 1 saturated carbocycles. The molecule has 1 N–H and O–H groups in total. The van der Waals surface area contributed by atoms with E-state index >= 15 is 0 Å². The number of hydrogen-bond donors (Lipinski definition) is 1. The number of halogens is 1. The lowest BCUT2D eigenvalue weighted by atomic mass is 9.99. The zero-order chi connectivity index (χ0) is 18.9. The molecule has 1 aliphatic carbocycles. The van der Waals surface area contributed by atoms with Gasteiger partial charge >= 0.3 is 0 Å². The Balaban J connectivity index is 1.86. The van der Waals surface area contributed by atoms with Gasteiger partial charge < -0.3 is 5.11 Å². The molecule has 1 aromatic carbocycles. The van der Waals surface area contributed by atoms with Crippen molar-refractivity contribution in [3.63, 3.8) is 0 Å². The van der Waals surface area contributed by atoms with E-state index in [1.54, 1.807) is 11.3 Å². The zero-order valence-corrected chi connectivity index (χ0v) is 16.9. The quantitative estimate of drug-likeness (QED) is 0.710. The Bertz CT molecular complexity index is 1100. The smallest absolute Gasteiger partial charge is 0.166 e. The van der Waals surface area contributed by atoms with Gasteiger partial charge in [-0.1, -0.05) is 23.7 Å². The molecule has 1 spiro atoms. The van der Waals surface area contributed by atoms with Gasteiger partial charge in [-0.05, 0) is 44.9 Å². The summed E-state index contributed by atoms with van der Waals surface area (Å²) >= 11 is 7.86. The molecule has 0 amide bonds. The van der Waals surface area contributed by atoms with Crippen LogP contribution < -0.4 is 0 Å². The van der Waals surface area contributed by atoms with E-state index in [2.05, 4.69) is 28.6 Å². The highest BCUT2D eigenvalue weighted by Gasteiger charge is 2.60. The van der Waals surface area contributed by atoms with Gasteiger partial charge in [-0.2, -0.15) is 0 Å². The lowest BCUT2D eigenvalue weighted by Gasteiger charge is -2.12. The van der Waals surface area contributed by atoms with Crippen LogP contribution in [0.4, 0.5) is 0 Å². The van der Waals surface area contributed by atoms with E-state index in [1.165, 1.54) is 10.4 Å². The van der Waals surface area contributed by atoms with Crippen molar-refractivity contribution >= 4 is 28.6 Å². The molecule has 0 bridgehead atoms. The average Bonchev–Trinajstić information content (AvgIpc) is 3.15. The summed E-state index contributed by atoms with van der Waals surface area (Å²) in [6, 6.07) is 7.82. The van der Waals surface area contributed by atoms with Crippen molar-refractivity contribution in [1.82, 2.24) is 14.8 Å². The van der Waals surface area contributed by atoms with Crippen LogP contribution in [-0.2, 0) is 5.54 Å². The number of rotatable bonds is 2. The van der Waals surface area contributed by atoms with E-state index in [4.69, 9.17) is 16.6 Å². The van der Waals surface area contributed by atoms with E-state index in [1.807, 2.05) is 31.2 Å². The molecule has 5 nitrogen and oxygen atoms in total. The Morgan fingerprint density at radius 3 is 2.63 bits per heavy atom. The topological polar surface area (TPSA) is 63.3 Å². The molecule has 2 unspecified atom stereocenters. The third-order valence-corrected chi connectivity index (χ3v) is 7.19. The SMILES string of the molecule is Cc1sc2c(c1C)C(c1ccc(Cl)cc1)=NC1(CC1CO)c1nnc(C)n1-2. The summed E-state index contributed by atoms with van der Waals surface area (Å²) in [6.45, 7) is 6.34. The first-order valence-electron chi connectivity index (χ1n) is 8.96. The molecule has 5 rings (SSSR count). The number of thiophene rings is 1. The first kappa shape index (κ1) is 17.1. The summed E-state index contributed by atoms with van der Waals surface area (Å²) in [6.07, 6.45) is 0.783. The molecular weight excluding hydrogens is 380 g/mol. The van der Waals surface area contributed by atoms with Crippen LogP contribution in [0.2, 0.25) is 5.02 Å². The van der Waals surface area contributed by atoms with Crippen molar-refractivity contribution in [3.05, 3.63) is 62.5 Å². The highest BCUT2D eigenvalue weighted by molar-refractivity contribution is 7.15. The first-order valence-corrected chi connectivity index (χ1v) is 10.2. The number of aliphatic imine (C=N–C) groups is 1. The van der Waals surface area contributed by atoms with Gasteiger partial charge in [0.25, 0.3) is 0 Å². The van der Waals surface area contributed by atoms with Crippen molar-refractivity contribution < 1.29 is 5.11 Å². The summed E-state index contributed by atoms with van der Waals surface area (Å²) in [5, 5.41) is 20.5. The molecule has 2 aliphatic rings. The van der Waals surface area contributed by atoms with E-state index in [9.17, 15) is 5.11 Å². The number of aliphatic hydroxyl groups is 1. The van der Waals surface area contributed by atoms with Gasteiger partial charge in [0.05, 0.1) is 5.71 Å². The number of fused-ring (bicyclic) bond motifs is 4. The maximum absolute atomic E-state index is 9.87. The fourth-order valence-corrected chi connectivity index (χ4v) is 5.33. The molecule has 3 aromatic rings. The van der Waals surface area contributed by atoms with E-state index < -0.39 is 5.54 Å². The van der Waals surface area contributed by atoms with Crippen LogP contribution >= 0.6 is 22.9 Å². The number of aryl methyl sites for hydroxylation is 2. The average molecular weight is 399 g/mol. The number of nitrogens with zero attached hydrogens (tertiary/aromatic N) is 4. The zero-order valence-electron chi connectivity index (χ0n) is 15.3. The molecule has 27 heavy (non-hydrogen) atoms. The van der Waals surface area contributed by atoms with Crippen LogP contribution in [0.25, 0.3) is 5.00 Å². The fraction of sp³-hybridized carbons (Fsp3) is 0.350. The van der Waals surface area contributed by atoms with Gasteiger partial charge in [-0.15, -0.1) is 21.5 Å². The molecule has 7 heteroatoms. The predicted octanol–water partition coefficient (Wildman–Crippen LogP) is 3.97. The Kier molecular flexibility index (Phi) is 3.63. The van der Waals surface area contributed by atoms with Gasteiger partial charge in [0, 0.05) is 33.6 Å². The van der Waals surface area contributed by atoms with Crippen molar-refractivity contribution in [2.24, 2.45) is 10.9 Å². The Labute approximate surface area is 166 Å². The van der Waals surface area contributed by atoms with Crippen molar-refractivity contribution in [2.75, 3.05) is 6.61 Å². The van der Waals surface area contributed by atoms with Crippen LogP contribution in [0.15, 0.2) is 29.3 Å². The van der Waals surface area contributed by atoms with Crippen molar-refractivity contribution in [1.29, 1.82) is 0 Å². The van der Waals surface area contributed by atoms with Gasteiger partial charge in [-0.25, -0.2) is 0 Å². The minimum atomic E-state index is -0.510. The summed E-state index contributed by atoms with van der Waals surface area (Å²) < 4.78 is 2.14. The van der Waals surface area contributed by atoms with Crippen LogP contribution in [0.1, 0.15) is 39.6 Å². The summed E-state index contributed by atoms with van der Waals surface area (Å²) in [4.78, 5) is 6.49. The van der Waals surface area contributed by atoms with Crippen LogP contribution in [0, 0.1) is 26.7 Å². The van der Waals surface area contributed by atoms with Crippen molar-refractivity contribution in [3.8, 4) is 5.00 Å². The Hall–Kier alpha value is -2.02. The predicted molar refractivity (Wildman–Crippen MR) is 107 cm³/mol. The summed E-state index contributed by atoms with van der Waals surface area (Å²) in [5.41, 5.74) is 3.82. The molecule has 2 atom stereocenters. The highest BCUT2D eigenvalue weighted by atomic mass is 35.5. The Morgan fingerprint density at radius 2 is 1.96 bits per heavy atom. The number of aliphatic hydroxyl groups excluding tert-OH is 1. The van der Waals surface area contributed by atoms with Gasteiger partial charge in [0.1, 0.15) is 16.4 Å². The van der Waals surface area contributed by atoms with Gasteiger partial charge in [0.2, 0.25) is 0 Å². The summed E-state index contributed by atoms with van der Waals surface area (Å²) in [7, 11) is 0. The maximum atomic E-state index is 9.87. The second-order valence-corrected chi connectivity index (χ2v) is 8.98. The number of benzene rings is 1. The van der Waals surface area contributed by atoms with Gasteiger partial charge in [0.15, 0.2) is 5.82 Å². The van der Waals surface area contributed by atoms with Crippen molar-refractivity contribution in [2.45, 2.75) is 32.7 Å². The van der Waals surface area contributed by atoms with Crippen LogP contribution in [-0.4, -0.2) is 32.2 Å². The minimum absolute atomic E-state index is 0.0672. The molecule has 1 fully saturated rings. The third kappa shape index (κ3) is 2.30. The number of aromatic nitrogens is 3. The molecule has 3 heterocycles. The fourth-order valence-electron chi connectivity index (χ4n) is 4.00. The van der Waals surface area contributed by atoms with E-state index in [0.29, 0.717) is 5.02 Å². The maximum Gasteiger partial charge on any atom is 0.166 e. The number of hydrogen-bond acceptors (Lipinski definition) is 5. The lowest BCUT2D eigenvalue weighted by molar-refractivity contribution is 0.263. The molecule has 0 radical (unpaired) electrons. The van der Waals surface area contributed by atoms with E-state index in [-0.39, 0.29) is 12.5 Å². The lowest BCUT2D eigenvalue weighted by Crippen LogP contribution is -2.16. The van der Waals surface area contributed by atoms with E-state index in [0.717, 1.165) is 39.9 Å². The third-order valence-electron chi connectivity index (χ3n) is 5.74. The van der Waals surface area contributed by atoms with Crippen LogP contribution in [0.3, 0.4) is 0 Å². The standard InChI is InChI=1S/C20H19ClN4OS/c1-10-11(2)27-18-16(10)17(13-4-6-15(21)7-5-13)22-20(8-14(20)9-26)19-24-23-12(3)25(18)19/h4-7,14,26H,8-9H2,1-3H3. The molecule has 138 valence electrons. The monoisotopic (exact) mass is 398 g/mol. The molecular formula is C20H19ClN4OS. The normalized spacial score (nSPS) is 23.0. The van der Waals surface area contributed by atoms with Gasteiger partial charge in [-0.3, -0.25) is 9.56 Å². The van der Waals surface area contributed by atoms with Crippen LogP contribution in [0.5, 0.6) is 0 Å². The molecule has 0 saturated heterocycles.